The minimum Gasteiger partial charge on any atom is -0.335 e. The maximum Gasteiger partial charge on any atom is 0.319 e. The Morgan fingerprint density at radius 2 is 1.56 bits per heavy atom. The number of carbonyl (C=O) groups is 2. The predicted octanol–water partition coefficient (Wildman–Crippen LogP) is 4.46. The van der Waals surface area contributed by atoms with Gasteiger partial charge in [-0.2, -0.15) is 0 Å². The van der Waals surface area contributed by atoms with E-state index >= 15 is 0 Å². The molecule has 3 amide bonds. The maximum atomic E-state index is 12.1. The topological polar surface area (TPSA) is 70.2 Å². The minimum atomic E-state index is -0.209. The number of amides is 3. The van der Waals surface area contributed by atoms with Gasteiger partial charge in [0.2, 0.25) is 5.91 Å². The molecule has 130 valence electrons. The first-order valence-corrected chi connectivity index (χ1v) is 8.66. The van der Waals surface area contributed by atoms with Crippen LogP contribution in [0.25, 0.3) is 0 Å². The van der Waals surface area contributed by atoms with E-state index in [9.17, 15) is 9.59 Å². The second-order valence-corrected chi connectivity index (χ2v) is 6.74. The van der Waals surface area contributed by atoms with Crippen LogP contribution in [0.2, 0.25) is 10.0 Å². The summed E-state index contributed by atoms with van der Waals surface area (Å²) in [6.45, 7) is 0. The molecule has 1 fully saturated rings. The minimum absolute atomic E-state index is 0.162. The Labute approximate surface area is 155 Å². The molecule has 0 saturated heterocycles. The summed E-state index contributed by atoms with van der Waals surface area (Å²) in [5, 5.41) is 9.29. The summed E-state index contributed by atoms with van der Waals surface area (Å²) in [4.78, 5) is 23.8. The fourth-order valence-corrected chi connectivity index (χ4v) is 2.58. The summed E-state index contributed by atoms with van der Waals surface area (Å²) < 4.78 is 0. The number of carbonyl (C=O) groups excluding carboxylic acids is 2. The zero-order chi connectivity index (χ0) is 17.8. The number of hydrogen-bond acceptors (Lipinski definition) is 2. The molecule has 2 aromatic carbocycles. The van der Waals surface area contributed by atoms with Crippen molar-refractivity contribution in [1.29, 1.82) is 0 Å². The fraction of sp³-hybridized carbons (Fsp3) is 0.222. The Morgan fingerprint density at radius 3 is 2.16 bits per heavy atom. The molecule has 0 atom stereocenters. The average molecular weight is 378 g/mol. The average Bonchev–Trinajstić information content (AvgIpc) is 3.36. The zero-order valence-corrected chi connectivity index (χ0v) is 14.8. The van der Waals surface area contributed by atoms with Crippen molar-refractivity contribution in [2.75, 3.05) is 10.6 Å². The first-order chi connectivity index (χ1) is 12.0. The molecule has 7 heteroatoms. The van der Waals surface area contributed by atoms with Gasteiger partial charge in [0, 0.05) is 17.4 Å². The lowest BCUT2D eigenvalue weighted by atomic mass is 10.1. The lowest BCUT2D eigenvalue weighted by Crippen LogP contribution is -2.30. The molecule has 3 rings (SSSR count). The van der Waals surface area contributed by atoms with E-state index in [-0.39, 0.29) is 18.4 Å². The highest BCUT2D eigenvalue weighted by molar-refractivity contribution is 6.42. The van der Waals surface area contributed by atoms with E-state index in [0.717, 1.165) is 18.4 Å². The van der Waals surface area contributed by atoms with Gasteiger partial charge in [-0.25, -0.2) is 4.79 Å². The molecular formula is C18H17Cl2N3O2. The van der Waals surface area contributed by atoms with Crippen LogP contribution in [0.15, 0.2) is 42.5 Å². The smallest absolute Gasteiger partial charge is 0.319 e. The summed E-state index contributed by atoms with van der Waals surface area (Å²) in [5.41, 5.74) is 2.10. The van der Waals surface area contributed by atoms with Crippen molar-refractivity contribution in [2.24, 2.45) is 0 Å². The van der Waals surface area contributed by atoms with Crippen LogP contribution in [-0.4, -0.2) is 18.0 Å². The molecule has 1 aliphatic rings. The SMILES string of the molecule is O=C(Cc1ccc(Cl)c(Cl)c1)Nc1ccc(NC(=O)NC2CC2)cc1. The number of anilines is 2. The van der Waals surface area contributed by atoms with Crippen LogP contribution in [0.5, 0.6) is 0 Å². The van der Waals surface area contributed by atoms with Crippen molar-refractivity contribution in [3.8, 4) is 0 Å². The van der Waals surface area contributed by atoms with Crippen LogP contribution in [0.4, 0.5) is 16.2 Å². The largest absolute Gasteiger partial charge is 0.335 e. The Hall–Kier alpha value is -2.24. The number of halogens is 2. The number of benzene rings is 2. The summed E-state index contributed by atoms with van der Waals surface area (Å²) in [5.74, 6) is -0.162. The molecule has 5 nitrogen and oxygen atoms in total. The van der Waals surface area contributed by atoms with Gasteiger partial charge in [-0.15, -0.1) is 0 Å². The Kier molecular flexibility index (Phi) is 5.46. The van der Waals surface area contributed by atoms with Gasteiger partial charge in [-0.1, -0.05) is 29.3 Å². The molecule has 3 N–H and O–H groups in total. The van der Waals surface area contributed by atoms with E-state index in [1.54, 1.807) is 42.5 Å². The molecule has 0 unspecified atom stereocenters. The van der Waals surface area contributed by atoms with E-state index in [2.05, 4.69) is 16.0 Å². The molecule has 25 heavy (non-hydrogen) atoms. The van der Waals surface area contributed by atoms with E-state index in [1.807, 2.05) is 0 Å². The third-order valence-corrected chi connectivity index (χ3v) is 4.43. The van der Waals surface area contributed by atoms with E-state index in [1.165, 1.54) is 0 Å². The van der Waals surface area contributed by atoms with Crippen LogP contribution < -0.4 is 16.0 Å². The number of hydrogen-bond donors (Lipinski definition) is 3. The zero-order valence-electron chi connectivity index (χ0n) is 13.3. The molecule has 0 radical (unpaired) electrons. The Balaban J connectivity index is 1.52. The van der Waals surface area contributed by atoms with Crippen LogP contribution in [-0.2, 0) is 11.2 Å². The molecule has 0 bridgehead atoms. The van der Waals surface area contributed by atoms with Crippen molar-refractivity contribution in [1.82, 2.24) is 5.32 Å². The maximum absolute atomic E-state index is 12.1. The molecule has 0 heterocycles. The number of rotatable bonds is 5. The van der Waals surface area contributed by atoms with Crippen LogP contribution in [0.1, 0.15) is 18.4 Å². The van der Waals surface area contributed by atoms with Crippen molar-refractivity contribution in [2.45, 2.75) is 25.3 Å². The quantitative estimate of drug-likeness (QED) is 0.719. The van der Waals surface area contributed by atoms with Gasteiger partial charge in [-0.05, 0) is 54.8 Å². The van der Waals surface area contributed by atoms with Gasteiger partial charge >= 0.3 is 6.03 Å². The summed E-state index contributed by atoms with van der Waals surface area (Å²) in [6, 6.07) is 12.1. The van der Waals surface area contributed by atoms with Crippen molar-refractivity contribution in [3.05, 3.63) is 58.1 Å². The predicted molar refractivity (Wildman–Crippen MR) is 100 cm³/mol. The molecule has 0 aromatic heterocycles. The first kappa shape index (κ1) is 17.6. The molecular weight excluding hydrogens is 361 g/mol. The molecule has 0 spiro atoms. The highest BCUT2D eigenvalue weighted by Crippen LogP contribution is 2.23. The number of nitrogens with one attached hydrogen (secondary N) is 3. The highest BCUT2D eigenvalue weighted by atomic mass is 35.5. The highest BCUT2D eigenvalue weighted by Gasteiger charge is 2.23. The monoisotopic (exact) mass is 377 g/mol. The van der Waals surface area contributed by atoms with Crippen LogP contribution in [0, 0.1) is 0 Å². The third-order valence-electron chi connectivity index (χ3n) is 3.69. The molecule has 1 saturated carbocycles. The first-order valence-electron chi connectivity index (χ1n) is 7.91. The molecule has 1 aliphatic carbocycles. The van der Waals surface area contributed by atoms with Crippen LogP contribution in [0.3, 0.4) is 0 Å². The Morgan fingerprint density at radius 1 is 0.920 bits per heavy atom. The van der Waals surface area contributed by atoms with Gasteiger partial charge in [0.25, 0.3) is 0 Å². The summed E-state index contributed by atoms with van der Waals surface area (Å²) in [6.07, 6.45) is 2.27. The Bertz CT molecular complexity index is 789. The standard InChI is InChI=1S/C18H17Cl2N3O2/c19-15-8-1-11(9-16(15)20)10-17(24)21-12-2-4-13(5-3-12)22-18(25)23-14-6-7-14/h1-5,8-9,14H,6-7,10H2,(H,21,24)(H2,22,23,25). The number of urea groups is 1. The second kappa shape index (κ2) is 7.76. The normalized spacial score (nSPS) is 13.2. The lowest BCUT2D eigenvalue weighted by molar-refractivity contribution is -0.115. The van der Waals surface area contributed by atoms with Crippen LogP contribution >= 0.6 is 23.2 Å². The van der Waals surface area contributed by atoms with Crippen molar-refractivity contribution >= 4 is 46.5 Å². The van der Waals surface area contributed by atoms with Gasteiger partial charge < -0.3 is 16.0 Å². The van der Waals surface area contributed by atoms with E-state index < -0.39 is 0 Å². The fourth-order valence-electron chi connectivity index (χ4n) is 2.26. The van der Waals surface area contributed by atoms with Gasteiger partial charge in [0.15, 0.2) is 0 Å². The van der Waals surface area contributed by atoms with Gasteiger partial charge in [0.1, 0.15) is 0 Å². The molecule has 2 aromatic rings. The third kappa shape index (κ3) is 5.37. The van der Waals surface area contributed by atoms with Crippen molar-refractivity contribution < 1.29 is 9.59 Å². The van der Waals surface area contributed by atoms with E-state index in [0.29, 0.717) is 27.5 Å². The van der Waals surface area contributed by atoms with Crippen molar-refractivity contribution in [3.63, 3.8) is 0 Å². The lowest BCUT2D eigenvalue weighted by Gasteiger charge is -2.09. The summed E-state index contributed by atoms with van der Waals surface area (Å²) in [7, 11) is 0. The second-order valence-electron chi connectivity index (χ2n) is 5.92. The van der Waals surface area contributed by atoms with Gasteiger partial charge in [-0.3, -0.25) is 4.79 Å². The van der Waals surface area contributed by atoms with E-state index in [4.69, 9.17) is 23.2 Å². The summed E-state index contributed by atoms with van der Waals surface area (Å²) >= 11 is 11.8. The van der Waals surface area contributed by atoms with Gasteiger partial charge in [0.05, 0.1) is 16.5 Å². The molecule has 0 aliphatic heterocycles.